The lowest BCUT2D eigenvalue weighted by Crippen LogP contribution is -2.43. The number of amides is 2. The van der Waals surface area contributed by atoms with E-state index in [4.69, 9.17) is 0 Å². The van der Waals surface area contributed by atoms with Gasteiger partial charge in [0.1, 0.15) is 5.82 Å². The van der Waals surface area contributed by atoms with Crippen LogP contribution < -0.4 is 5.32 Å². The monoisotopic (exact) mass is 357 g/mol. The largest absolute Gasteiger partial charge is 0.338 e. The molecule has 0 heterocycles. The molecule has 2 aromatic carbocycles. The van der Waals surface area contributed by atoms with Crippen LogP contribution in [0.5, 0.6) is 0 Å². The SMILES string of the molecule is CN(C)CCN(Cc1ccccc1F)C(=O)NCCCc1ccccc1. The maximum Gasteiger partial charge on any atom is 0.317 e. The molecule has 1 N–H and O–H groups in total. The first kappa shape index (κ1) is 19.9. The van der Waals surface area contributed by atoms with Crippen LogP contribution in [0.4, 0.5) is 9.18 Å². The van der Waals surface area contributed by atoms with Crippen LogP contribution in [0.25, 0.3) is 0 Å². The fourth-order valence-corrected chi connectivity index (χ4v) is 2.65. The molecule has 0 spiro atoms. The zero-order valence-corrected chi connectivity index (χ0v) is 15.6. The molecule has 5 heteroatoms. The number of hydrogen-bond donors (Lipinski definition) is 1. The Bertz CT molecular complexity index is 676. The van der Waals surface area contributed by atoms with Crippen LogP contribution in [0.15, 0.2) is 54.6 Å². The fourth-order valence-electron chi connectivity index (χ4n) is 2.65. The third-order valence-corrected chi connectivity index (χ3v) is 4.18. The minimum Gasteiger partial charge on any atom is -0.338 e. The van der Waals surface area contributed by atoms with Gasteiger partial charge in [0.25, 0.3) is 0 Å². The maximum atomic E-state index is 13.9. The van der Waals surface area contributed by atoms with E-state index in [0.29, 0.717) is 18.7 Å². The van der Waals surface area contributed by atoms with Crippen LogP contribution in [0.2, 0.25) is 0 Å². The topological polar surface area (TPSA) is 35.6 Å². The van der Waals surface area contributed by atoms with Crippen molar-refractivity contribution in [3.63, 3.8) is 0 Å². The van der Waals surface area contributed by atoms with E-state index in [1.165, 1.54) is 11.6 Å². The van der Waals surface area contributed by atoms with Gasteiger partial charge >= 0.3 is 6.03 Å². The van der Waals surface area contributed by atoms with Crippen molar-refractivity contribution in [3.8, 4) is 0 Å². The van der Waals surface area contributed by atoms with Crippen LogP contribution in [0, 0.1) is 5.82 Å². The van der Waals surface area contributed by atoms with E-state index in [1.807, 2.05) is 37.2 Å². The van der Waals surface area contributed by atoms with Gasteiger partial charge in [-0.2, -0.15) is 0 Å². The second kappa shape index (κ2) is 10.6. The van der Waals surface area contributed by atoms with Crippen LogP contribution >= 0.6 is 0 Å². The average molecular weight is 357 g/mol. The molecule has 4 nitrogen and oxygen atoms in total. The number of likely N-dealkylation sites (N-methyl/N-ethyl adjacent to an activating group) is 1. The summed E-state index contributed by atoms with van der Waals surface area (Å²) in [5.74, 6) is -0.278. The molecule has 0 aliphatic rings. The lowest BCUT2D eigenvalue weighted by molar-refractivity contribution is 0.188. The molecule has 0 unspecified atom stereocenters. The van der Waals surface area contributed by atoms with Crippen LogP contribution in [-0.2, 0) is 13.0 Å². The van der Waals surface area contributed by atoms with Gasteiger partial charge in [0.15, 0.2) is 0 Å². The molecule has 0 fully saturated rings. The molecule has 0 bridgehead atoms. The normalized spacial score (nSPS) is 10.8. The van der Waals surface area contributed by atoms with Gasteiger partial charge in [-0.1, -0.05) is 48.5 Å². The Balaban J connectivity index is 1.87. The van der Waals surface area contributed by atoms with E-state index in [-0.39, 0.29) is 18.4 Å². The molecule has 0 saturated carbocycles. The number of nitrogens with one attached hydrogen (secondary N) is 1. The zero-order valence-electron chi connectivity index (χ0n) is 15.6. The molecule has 26 heavy (non-hydrogen) atoms. The molecular weight excluding hydrogens is 329 g/mol. The first-order valence-corrected chi connectivity index (χ1v) is 9.01. The molecule has 2 aromatic rings. The Kier molecular flexibility index (Phi) is 8.09. The number of rotatable bonds is 9. The minimum atomic E-state index is -0.278. The Morgan fingerprint density at radius 1 is 1.00 bits per heavy atom. The van der Waals surface area contributed by atoms with Crippen molar-refractivity contribution in [2.75, 3.05) is 33.7 Å². The summed E-state index contributed by atoms with van der Waals surface area (Å²) in [6.07, 6.45) is 1.79. The van der Waals surface area contributed by atoms with E-state index in [2.05, 4.69) is 17.4 Å². The van der Waals surface area contributed by atoms with Crippen molar-refractivity contribution < 1.29 is 9.18 Å². The summed E-state index contributed by atoms with van der Waals surface area (Å²) in [4.78, 5) is 16.2. The molecule has 2 rings (SSSR count). The van der Waals surface area contributed by atoms with Crippen molar-refractivity contribution in [2.45, 2.75) is 19.4 Å². The molecule has 140 valence electrons. The molecule has 2 amide bonds. The summed E-state index contributed by atoms with van der Waals surface area (Å²) < 4.78 is 13.9. The van der Waals surface area contributed by atoms with Gasteiger partial charge in [0.05, 0.1) is 6.54 Å². The summed E-state index contributed by atoms with van der Waals surface area (Å²) in [5.41, 5.74) is 1.79. The Morgan fingerprint density at radius 3 is 2.38 bits per heavy atom. The first-order valence-electron chi connectivity index (χ1n) is 9.01. The number of hydrogen-bond acceptors (Lipinski definition) is 2. The first-order chi connectivity index (χ1) is 12.6. The third-order valence-electron chi connectivity index (χ3n) is 4.18. The summed E-state index contributed by atoms with van der Waals surface area (Å²) in [7, 11) is 3.91. The average Bonchev–Trinajstić information content (AvgIpc) is 2.64. The smallest absolute Gasteiger partial charge is 0.317 e. The van der Waals surface area contributed by atoms with Crippen molar-refractivity contribution in [3.05, 3.63) is 71.5 Å². The van der Waals surface area contributed by atoms with E-state index >= 15 is 0 Å². The summed E-state index contributed by atoms with van der Waals surface area (Å²) >= 11 is 0. The Morgan fingerprint density at radius 2 is 1.69 bits per heavy atom. The van der Waals surface area contributed by atoms with Gasteiger partial charge in [0.2, 0.25) is 0 Å². The van der Waals surface area contributed by atoms with Crippen LogP contribution in [0.1, 0.15) is 17.5 Å². The lowest BCUT2D eigenvalue weighted by atomic mass is 10.1. The van der Waals surface area contributed by atoms with Gasteiger partial charge in [0, 0.05) is 25.2 Å². The number of urea groups is 1. The van der Waals surface area contributed by atoms with Gasteiger partial charge in [-0.15, -0.1) is 0 Å². The predicted octanol–water partition coefficient (Wildman–Crippen LogP) is 3.53. The number of carbonyl (C=O) groups excluding carboxylic acids is 1. The quantitative estimate of drug-likeness (QED) is 0.697. The summed E-state index contributed by atoms with van der Waals surface area (Å²) in [6, 6.07) is 16.7. The highest BCUT2D eigenvalue weighted by Crippen LogP contribution is 2.10. The van der Waals surface area contributed by atoms with E-state index in [0.717, 1.165) is 19.4 Å². The third kappa shape index (κ3) is 6.84. The van der Waals surface area contributed by atoms with Crippen LogP contribution in [0.3, 0.4) is 0 Å². The van der Waals surface area contributed by atoms with Gasteiger partial charge in [-0.25, -0.2) is 9.18 Å². The summed E-state index contributed by atoms with van der Waals surface area (Å²) in [6.45, 7) is 2.15. The molecule has 0 radical (unpaired) electrons. The van der Waals surface area contributed by atoms with Crippen molar-refractivity contribution in [1.29, 1.82) is 0 Å². The van der Waals surface area contributed by atoms with Gasteiger partial charge in [-0.05, 0) is 38.6 Å². The number of halogens is 1. The highest BCUT2D eigenvalue weighted by molar-refractivity contribution is 5.74. The van der Waals surface area contributed by atoms with Crippen molar-refractivity contribution in [2.24, 2.45) is 0 Å². The molecule has 0 saturated heterocycles. The zero-order chi connectivity index (χ0) is 18.8. The highest BCUT2D eigenvalue weighted by atomic mass is 19.1. The van der Waals surface area contributed by atoms with Crippen molar-refractivity contribution >= 4 is 6.03 Å². The minimum absolute atomic E-state index is 0.150. The Labute approximate surface area is 155 Å². The van der Waals surface area contributed by atoms with Crippen molar-refractivity contribution in [1.82, 2.24) is 15.1 Å². The molecular formula is C21H28FN3O. The van der Waals surface area contributed by atoms with Crippen LogP contribution in [-0.4, -0.2) is 49.6 Å². The maximum absolute atomic E-state index is 13.9. The molecule has 0 aliphatic carbocycles. The highest BCUT2D eigenvalue weighted by Gasteiger charge is 2.15. The molecule has 0 aliphatic heterocycles. The predicted molar refractivity (Wildman–Crippen MR) is 104 cm³/mol. The number of benzene rings is 2. The van der Waals surface area contributed by atoms with E-state index in [9.17, 15) is 9.18 Å². The van der Waals surface area contributed by atoms with Gasteiger partial charge in [-0.3, -0.25) is 0 Å². The standard InChI is InChI=1S/C21H28FN3O/c1-24(2)15-16-25(17-19-12-6-7-13-20(19)22)21(26)23-14-8-11-18-9-4-3-5-10-18/h3-7,9-10,12-13H,8,11,14-17H2,1-2H3,(H,23,26). The second-order valence-electron chi connectivity index (χ2n) is 6.64. The number of aryl methyl sites for hydroxylation is 1. The molecule has 0 aromatic heterocycles. The summed E-state index contributed by atoms with van der Waals surface area (Å²) in [5, 5.41) is 2.96. The lowest BCUT2D eigenvalue weighted by Gasteiger charge is -2.25. The van der Waals surface area contributed by atoms with Gasteiger partial charge < -0.3 is 15.1 Å². The molecule has 0 atom stereocenters. The van der Waals surface area contributed by atoms with E-state index < -0.39 is 0 Å². The number of carbonyl (C=O) groups is 1. The fraction of sp³-hybridized carbons (Fsp3) is 0.381. The second-order valence-corrected chi connectivity index (χ2v) is 6.64. The Hall–Kier alpha value is -2.40. The number of nitrogens with zero attached hydrogens (tertiary/aromatic N) is 2. The van der Waals surface area contributed by atoms with E-state index in [1.54, 1.807) is 23.1 Å².